The number of nitrogens with two attached hydrogens (primary N) is 1. The van der Waals surface area contributed by atoms with Crippen molar-refractivity contribution in [3.05, 3.63) is 83.8 Å². The highest BCUT2D eigenvalue weighted by molar-refractivity contribution is 6.13. The van der Waals surface area contributed by atoms with E-state index in [2.05, 4.69) is 20.6 Å². The Morgan fingerprint density at radius 3 is 2.62 bits per heavy atom. The number of carbonyl (C=O) groups excluding carboxylic acids is 1. The number of carbonyl (C=O) groups is 1. The second kappa shape index (κ2) is 9.43. The molecule has 8 nitrogen and oxygen atoms in total. The molecule has 8 heteroatoms. The van der Waals surface area contributed by atoms with Crippen LogP contribution in [0.15, 0.2) is 67.1 Å². The van der Waals surface area contributed by atoms with Gasteiger partial charge in [-0.05, 0) is 17.7 Å². The topological polar surface area (TPSA) is 126 Å². The first-order valence-corrected chi connectivity index (χ1v) is 8.94. The van der Waals surface area contributed by atoms with Gasteiger partial charge in [-0.2, -0.15) is 0 Å². The summed E-state index contributed by atoms with van der Waals surface area (Å²) in [6.45, 7) is 0.328. The fourth-order valence-electron chi connectivity index (χ4n) is 2.81. The number of nitrogens with zero attached hydrogens (tertiary/aromatic N) is 2. The molecule has 29 heavy (non-hydrogen) atoms. The van der Waals surface area contributed by atoms with Gasteiger partial charge in [0.05, 0.1) is 18.4 Å². The molecule has 0 aliphatic carbocycles. The van der Waals surface area contributed by atoms with Gasteiger partial charge in [-0.1, -0.05) is 30.3 Å². The molecule has 2 amide bonds. The second-order valence-electron chi connectivity index (χ2n) is 6.28. The van der Waals surface area contributed by atoms with Crippen LogP contribution in [0, 0.1) is 5.41 Å². The molecule has 1 atom stereocenters. The Balaban J connectivity index is 0.00000320. The van der Waals surface area contributed by atoms with Crippen molar-refractivity contribution in [1.29, 1.82) is 5.41 Å². The lowest BCUT2D eigenvalue weighted by atomic mass is 10.0. The van der Waals surface area contributed by atoms with Crippen LogP contribution in [-0.4, -0.2) is 35.4 Å². The molecule has 0 bridgehead atoms. The lowest BCUT2D eigenvalue weighted by Gasteiger charge is -2.19. The zero-order valence-corrected chi connectivity index (χ0v) is 15.9. The molecule has 0 aliphatic rings. The van der Waals surface area contributed by atoms with Gasteiger partial charge in [0.1, 0.15) is 5.82 Å². The van der Waals surface area contributed by atoms with E-state index in [0.29, 0.717) is 23.4 Å². The molecule has 154 valence electrons. The normalized spacial score (nSPS) is 11.5. The smallest absolute Gasteiger partial charge is 0.320 e. The summed E-state index contributed by atoms with van der Waals surface area (Å²) in [5.74, 6) is 0.288. The second-order valence-corrected chi connectivity index (χ2v) is 6.28. The predicted octanol–water partition coefficient (Wildman–Crippen LogP) is 3.72. The molecule has 0 spiro atoms. The number of anilines is 2. The Bertz CT molecular complexity index is 993. The zero-order chi connectivity index (χ0) is 20.6. The lowest BCUT2D eigenvalue weighted by Crippen LogP contribution is -2.35. The molecule has 0 unspecified atom stereocenters. The minimum absolute atomic E-state index is 0. The van der Waals surface area contributed by atoms with E-state index < -0.39 is 6.03 Å². The van der Waals surface area contributed by atoms with E-state index in [1.165, 1.54) is 12.3 Å². The van der Waals surface area contributed by atoms with Crippen LogP contribution in [0.4, 0.5) is 16.3 Å². The SMILES string of the molecule is COC[C@@H](NC(=O)Nc1cc(N)c(C(=N)c2ccncc2)cn1)c1ccccc1.[HH].[HH].[HH]. The van der Waals surface area contributed by atoms with E-state index >= 15 is 0 Å². The highest BCUT2D eigenvalue weighted by atomic mass is 16.5. The number of benzene rings is 1. The maximum absolute atomic E-state index is 12.4. The number of ether oxygens (including phenoxy) is 1. The number of hydrogen-bond donors (Lipinski definition) is 4. The zero-order valence-electron chi connectivity index (χ0n) is 15.9. The first-order valence-electron chi connectivity index (χ1n) is 8.94. The summed E-state index contributed by atoms with van der Waals surface area (Å²) in [5.41, 5.74) is 8.74. The summed E-state index contributed by atoms with van der Waals surface area (Å²) in [6.07, 6.45) is 4.69. The molecule has 2 heterocycles. The maximum Gasteiger partial charge on any atom is 0.320 e. The van der Waals surface area contributed by atoms with Crippen LogP contribution in [0.1, 0.15) is 27.0 Å². The molecule has 0 radical (unpaired) electrons. The summed E-state index contributed by atoms with van der Waals surface area (Å²) in [7, 11) is 1.58. The van der Waals surface area contributed by atoms with Gasteiger partial charge in [0, 0.05) is 52.9 Å². The third-order valence-electron chi connectivity index (χ3n) is 4.26. The molecule has 2 aromatic heterocycles. The van der Waals surface area contributed by atoms with E-state index in [-0.39, 0.29) is 21.9 Å². The van der Waals surface area contributed by atoms with Crippen molar-refractivity contribution in [3.63, 3.8) is 0 Å². The number of aromatic nitrogens is 2. The molecular formula is C21H28N6O2. The largest absolute Gasteiger partial charge is 0.398 e. The van der Waals surface area contributed by atoms with E-state index in [1.807, 2.05) is 30.3 Å². The van der Waals surface area contributed by atoms with Crippen molar-refractivity contribution in [2.24, 2.45) is 0 Å². The number of methoxy groups -OCH3 is 1. The molecule has 5 N–H and O–H groups in total. The summed E-state index contributed by atoms with van der Waals surface area (Å²) in [6, 6.07) is 13.8. The first-order chi connectivity index (χ1) is 14.1. The molecule has 0 saturated carbocycles. The molecule has 0 aliphatic heterocycles. The number of nitrogen functional groups attached to an aromatic ring is 1. The highest BCUT2D eigenvalue weighted by Gasteiger charge is 2.16. The molecule has 0 saturated heterocycles. The van der Waals surface area contributed by atoms with Crippen molar-refractivity contribution < 1.29 is 13.8 Å². The van der Waals surface area contributed by atoms with Gasteiger partial charge in [0.15, 0.2) is 0 Å². The van der Waals surface area contributed by atoms with Crippen LogP contribution in [0.2, 0.25) is 0 Å². The number of rotatable bonds is 7. The summed E-state index contributed by atoms with van der Waals surface area (Å²) >= 11 is 0. The minimum atomic E-state index is -0.431. The number of nitrogens with one attached hydrogen (secondary N) is 3. The number of amides is 2. The van der Waals surface area contributed by atoms with Gasteiger partial charge in [-0.25, -0.2) is 9.78 Å². The van der Waals surface area contributed by atoms with E-state index in [1.54, 1.807) is 31.6 Å². The molecule has 3 rings (SSSR count). The fourth-order valence-corrected chi connectivity index (χ4v) is 2.81. The van der Waals surface area contributed by atoms with Gasteiger partial charge in [0.2, 0.25) is 0 Å². The Hall–Kier alpha value is -3.78. The van der Waals surface area contributed by atoms with Gasteiger partial charge in [-0.3, -0.25) is 15.7 Å². The van der Waals surface area contributed by atoms with Crippen LogP contribution in [-0.2, 0) is 4.74 Å². The van der Waals surface area contributed by atoms with Gasteiger partial charge in [0.25, 0.3) is 0 Å². The van der Waals surface area contributed by atoms with Gasteiger partial charge < -0.3 is 15.8 Å². The van der Waals surface area contributed by atoms with E-state index in [0.717, 1.165) is 5.56 Å². The van der Waals surface area contributed by atoms with Crippen molar-refractivity contribution in [3.8, 4) is 0 Å². The molecular weight excluding hydrogens is 368 g/mol. The van der Waals surface area contributed by atoms with E-state index in [9.17, 15) is 4.79 Å². The summed E-state index contributed by atoms with van der Waals surface area (Å²) in [4.78, 5) is 20.6. The minimum Gasteiger partial charge on any atom is -0.398 e. The quantitative estimate of drug-likeness (QED) is 0.453. The Labute approximate surface area is 173 Å². The Morgan fingerprint density at radius 1 is 1.24 bits per heavy atom. The standard InChI is InChI=1S/C21H22N6O2.3H2/c1-29-13-18(14-5-3-2-4-6-14)26-21(28)27-19-11-17(22)16(12-25-19)20(23)15-7-9-24-10-8-15;;;/h2-12,18,23H,13H2,1H3,(H4,22,25,26,27,28);3*1H/t18-;;;/m1.../s1. The molecule has 0 fully saturated rings. The van der Waals surface area contributed by atoms with Crippen molar-refractivity contribution >= 4 is 23.2 Å². The van der Waals surface area contributed by atoms with Gasteiger partial charge in [-0.15, -0.1) is 0 Å². The van der Waals surface area contributed by atoms with E-state index in [4.69, 9.17) is 15.9 Å². The van der Waals surface area contributed by atoms with Crippen LogP contribution < -0.4 is 16.4 Å². The van der Waals surface area contributed by atoms with Crippen LogP contribution in [0.25, 0.3) is 0 Å². The van der Waals surface area contributed by atoms with Crippen LogP contribution in [0.5, 0.6) is 0 Å². The monoisotopic (exact) mass is 396 g/mol. The van der Waals surface area contributed by atoms with Crippen LogP contribution >= 0.6 is 0 Å². The third kappa shape index (κ3) is 5.14. The summed E-state index contributed by atoms with van der Waals surface area (Å²) in [5, 5.41) is 13.8. The number of urea groups is 1. The first kappa shape index (κ1) is 20.0. The third-order valence-corrected chi connectivity index (χ3v) is 4.26. The van der Waals surface area contributed by atoms with Crippen molar-refractivity contribution in [2.75, 3.05) is 24.8 Å². The average molecular weight is 396 g/mol. The number of hydrogen-bond acceptors (Lipinski definition) is 6. The lowest BCUT2D eigenvalue weighted by molar-refractivity contribution is 0.168. The van der Waals surface area contributed by atoms with Crippen molar-refractivity contribution in [1.82, 2.24) is 15.3 Å². The van der Waals surface area contributed by atoms with Gasteiger partial charge >= 0.3 is 6.03 Å². The average Bonchev–Trinajstić information content (AvgIpc) is 2.74. The maximum atomic E-state index is 12.4. The van der Waals surface area contributed by atoms with Crippen molar-refractivity contribution in [2.45, 2.75) is 6.04 Å². The fraction of sp³-hybridized carbons (Fsp3) is 0.143. The number of pyridine rings is 2. The Morgan fingerprint density at radius 2 is 1.97 bits per heavy atom. The molecule has 1 aromatic carbocycles. The Kier molecular flexibility index (Phi) is 6.49. The van der Waals surface area contributed by atoms with Crippen LogP contribution in [0.3, 0.4) is 0 Å². The predicted molar refractivity (Wildman–Crippen MR) is 118 cm³/mol. The molecule has 3 aromatic rings. The summed E-state index contributed by atoms with van der Waals surface area (Å²) < 4.78 is 5.21. The highest BCUT2D eigenvalue weighted by Crippen LogP contribution is 2.19.